The van der Waals surface area contributed by atoms with Gasteiger partial charge in [0.2, 0.25) is 0 Å². The second-order valence-electron chi connectivity index (χ2n) is 5.42. The molecule has 0 saturated carbocycles. The molecular formula is C18H19NO2. The van der Waals surface area contributed by atoms with Crippen LogP contribution < -0.4 is 9.64 Å². The number of hydrogen-bond acceptors (Lipinski definition) is 2. The van der Waals surface area contributed by atoms with Crippen molar-refractivity contribution < 1.29 is 9.53 Å². The monoisotopic (exact) mass is 281 g/mol. The van der Waals surface area contributed by atoms with Crippen LogP contribution in [0.5, 0.6) is 5.75 Å². The molecule has 1 aliphatic heterocycles. The van der Waals surface area contributed by atoms with Gasteiger partial charge in [0, 0.05) is 17.3 Å². The van der Waals surface area contributed by atoms with Crippen molar-refractivity contribution in [3.8, 4) is 5.75 Å². The van der Waals surface area contributed by atoms with Gasteiger partial charge in [-0.05, 0) is 49.6 Å². The highest BCUT2D eigenvalue weighted by Crippen LogP contribution is 2.32. The van der Waals surface area contributed by atoms with E-state index >= 15 is 0 Å². The molecule has 0 radical (unpaired) electrons. The van der Waals surface area contributed by atoms with E-state index in [9.17, 15) is 4.79 Å². The van der Waals surface area contributed by atoms with Gasteiger partial charge in [-0.1, -0.05) is 24.3 Å². The number of para-hydroxylation sites is 1. The molecule has 3 nitrogen and oxygen atoms in total. The van der Waals surface area contributed by atoms with Gasteiger partial charge < -0.3 is 9.64 Å². The highest BCUT2D eigenvalue weighted by atomic mass is 16.5. The van der Waals surface area contributed by atoms with E-state index in [1.54, 1.807) is 13.2 Å². The third kappa shape index (κ3) is 2.51. The lowest BCUT2D eigenvalue weighted by atomic mass is 9.95. The number of fused-ring (bicyclic) bond motifs is 1. The van der Waals surface area contributed by atoms with Crippen LogP contribution in [-0.2, 0) is 6.42 Å². The number of anilines is 1. The molecule has 1 atom stereocenters. The number of hydrogen-bond donors (Lipinski definition) is 0. The summed E-state index contributed by atoms with van der Waals surface area (Å²) in [5.41, 5.74) is 2.94. The highest BCUT2D eigenvalue weighted by molar-refractivity contribution is 6.07. The maximum Gasteiger partial charge on any atom is 0.258 e. The van der Waals surface area contributed by atoms with Crippen LogP contribution in [-0.4, -0.2) is 19.1 Å². The van der Waals surface area contributed by atoms with Gasteiger partial charge in [-0.3, -0.25) is 4.79 Å². The molecule has 0 aromatic heterocycles. The molecule has 21 heavy (non-hydrogen) atoms. The summed E-state index contributed by atoms with van der Waals surface area (Å²) in [6.45, 7) is 2.11. The summed E-state index contributed by atoms with van der Waals surface area (Å²) in [6, 6.07) is 15.7. The van der Waals surface area contributed by atoms with Gasteiger partial charge in [0.25, 0.3) is 5.91 Å². The minimum absolute atomic E-state index is 0.0357. The maximum absolute atomic E-state index is 12.9. The quantitative estimate of drug-likeness (QED) is 0.840. The summed E-state index contributed by atoms with van der Waals surface area (Å²) in [5, 5.41) is 0. The number of rotatable bonds is 2. The largest absolute Gasteiger partial charge is 0.497 e. The molecule has 1 aliphatic rings. The molecule has 0 bridgehead atoms. The number of nitrogens with zero attached hydrogens (tertiary/aromatic N) is 1. The Labute approximate surface area is 125 Å². The van der Waals surface area contributed by atoms with E-state index in [0.29, 0.717) is 11.3 Å². The number of aryl methyl sites for hydroxylation is 1. The fraction of sp³-hybridized carbons (Fsp3) is 0.278. The number of amides is 1. The molecule has 1 heterocycles. The predicted octanol–water partition coefficient (Wildman–Crippen LogP) is 3.68. The first kappa shape index (κ1) is 13.7. The van der Waals surface area contributed by atoms with Crippen molar-refractivity contribution in [3.63, 3.8) is 0 Å². The summed E-state index contributed by atoms with van der Waals surface area (Å²) in [7, 11) is 1.61. The highest BCUT2D eigenvalue weighted by Gasteiger charge is 2.28. The lowest BCUT2D eigenvalue weighted by molar-refractivity contribution is 0.0975. The zero-order chi connectivity index (χ0) is 14.8. The third-order valence-corrected chi connectivity index (χ3v) is 4.06. The normalized spacial score (nSPS) is 17.2. The first-order valence-corrected chi connectivity index (χ1v) is 7.26. The number of carbonyl (C=O) groups is 1. The predicted molar refractivity (Wildman–Crippen MR) is 84.0 cm³/mol. The second kappa shape index (κ2) is 5.60. The standard InChI is InChI=1S/C18H19NO2/c1-13-10-11-14-6-3-4-9-17(14)19(13)18(20)15-7-5-8-16(12-15)21-2/h3-9,12-13H,10-11H2,1-2H3. The number of carbonyl (C=O) groups excluding carboxylic acids is 1. The zero-order valence-corrected chi connectivity index (χ0v) is 12.4. The van der Waals surface area contributed by atoms with Crippen molar-refractivity contribution in [2.24, 2.45) is 0 Å². The molecule has 3 heteroatoms. The molecule has 2 aromatic rings. The van der Waals surface area contributed by atoms with Gasteiger partial charge in [-0.15, -0.1) is 0 Å². The van der Waals surface area contributed by atoms with E-state index in [1.165, 1.54) is 5.56 Å². The van der Waals surface area contributed by atoms with E-state index in [4.69, 9.17) is 4.74 Å². The first-order chi connectivity index (χ1) is 10.2. The molecule has 108 valence electrons. The Hall–Kier alpha value is -2.29. The smallest absolute Gasteiger partial charge is 0.258 e. The van der Waals surface area contributed by atoms with E-state index < -0.39 is 0 Å². The summed E-state index contributed by atoms with van der Waals surface area (Å²) in [6.07, 6.45) is 2.02. The number of ether oxygens (including phenoxy) is 1. The van der Waals surface area contributed by atoms with Crippen molar-refractivity contribution in [1.82, 2.24) is 0 Å². The van der Waals surface area contributed by atoms with Gasteiger partial charge in [0.05, 0.1) is 7.11 Å². The topological polar surface area (TPSA) is 29.5 Å². The van der Waals surface area contributed by atoms with Gasteiger partial charge >= 0.3 is 0 Å². The molecular weight excluding hydrogens is 262 g/mol. The minimum Gasteiger partial charge on any atom is -0.497 e. The number of benzene rings is 2. The van der Waals surface area contributed by atoms with Crippen molar-refractivity contribution in [3.05, 3.63) is 59.7 Å². The Morgan fingerprint density at radius 3 is 2.81 bits per heavy atom. The lowest BCUT2D eigenvalue weighted by Crippen LogP contribution is -2.42. The Balaban J connectivity index is 2.00. The molecule has 0 spiro atoms. The van der Waals surface area contributed by atoms with Crippen LogP contribution in [0.2, 0.25) is 0 Å². The zero-order valence-electron chi connectivity index (χ0n) is 12.4. The van der Waals surface area contributed by atoms with Crippen molar-refractivity contribution in [2.75, 3.05) is 12.0 Å². The summed E-state index contributed by atoms with van der Waals surface area (Å²) in [4.78, 5) is 14.8. The van der Waals surface area contributed by atoms with E-state index in [2.05, 4.69) is 13.0 Å². The van der Waals surface area contributed by atoms with Crippen molar-refractivity contribution >= 4 is 11.6 Å². The number of methoxy groups -OCH3 is 1. The first-order valence-electron chi connectivity index (χ1n) is 7.26. The SMILES string of the molecule is COc1cccc(C(=O)N2c3ccccc3CCC2C)c1. The Bertz CT molecular complexity index is 666. The Kier molecular flexibility index (Phi) is 3.65. The van der Waals surface area contributed by atoms with Crippen LogP contribution >= 0.6 is 0 Å². The molecule has 0 N–H and O–H groups in total. The third-order valence-electron chi connectivity index (χ3n) is 4.06. The molecule has 1 amide bonds. The van der Waals surface area contributed by atoms with Gasteiger partial charge in [0.15, 0.2) is 0 Å². The molecule has 1 unspecified atom stereocenters. The van der Waals surface area contributed by atoms with E-state index in [1.807, 2.05) is 41.3 Å². The van der Waals surface area contributed by atoms with E-state index in [0.717, 1.165) is 18.5 Å². The maximum atomic E-state index is 12.9. The molecule has 0 fully saturated rings. The summed E-state index contributed by atoms with van der Waals surface area (Å²) < 4.78 is 5.22. The van der Waals surface area contributed by atoms with Gasteiger partial charge in [0.1, 0.15) is 5.75 Å². The minimum atomic E-state index is 0.0357. The Morgan fingerprint density at radius 1 is 1.19 bits per heavy atom. The van der Waals surface area contributed by atoms with Crippen molar-refractivity contribution in [1.29, 1.82) is 0 Å². The van der Waals surface area contributed by atoms with Crippen LogP contribution in [0.1, 0.15) is 29.3 Å². The van der Waals surface area contributed by atoms with Crippen LogP contribution in [0.3, 0.4) is 0 Å². The lowest BCUT2D eigenvalue weighted by Gasteiger charge is -2.35. The molecule has 2 aromatic carbocycles. The summed E-state index contributed by atoms with van der Waals surface area (Å²) in [5.74, 6) is 0.743. The fourth-order valence-electron chi connectivity index (χ4n) is 2.89. The molecule has 3 rings (SSSR count). The van der Waals surface area contributed by atoms with Crippen molar-refractivity contribution in [2.45, 2.75) is 25.8 Å². The summed E-state index contributed by atoms with van der Waals surface area (Å²) >= 11 is 0. The van der Waals surface area contributed by atoms with Gasteiger partial charge in [-0.2, -0.15) is 0 Å². The molecule has 0 aliphatic carbocycles. The van der Waals surface area contributed by atoms with Crippen LogP contribution in [0.15, 0.2) is 48.5 Å². The van der Waals surface area contributed by atoms with Crippen LogP contribution in [0, 0.1) is 0 Å². The van der Waals surface area contributed by atoms with E-state index in [-0.39, 0.29) is 11.9 Å². The van der Waals surface area contributed by atoms with Crippen LogP contribution in [0.4, 0.5) is 5.69 Å². The fourth-order valence-corrected chi connectivity index (χ4v) is 2.89. The van der Waals surface area contributed by atoms with Crippen LogP contribution in [0.25, 0.3) is 0 Å². The Morgan fingerprint density at radius 2 is 2.00 bits per heavy atom. The average molecular weight is 281 g/mol. The van der Waals surface area contributed by atoms with Gasteiger partial charge in [-0.25, -0.2) is 0 Å². The molecule has 0 saturated heterocycles. The average Bonchev–Trinajstić information content (AvgIpc) is 2.54. The second-order valence-corrected chi connectivity index (χ2v) is 5.42.